The first-order chi connectivity index (χ1) is 8.33. The van der Waals surface area contributed by atoms with E-state index in [9.17, 15) is 0 Å². The summed E-state index contributed by atoms with van der Waals surface area (Å²) in [6, 6.07) is 0.873. The Morgan fingerprint density at radius 1 is 0.941 bits per heavy atom. The van der Waals surface area contributed by atoms with Crippen LogP contribution in [-0.2, 0) is 0 Å². The molecule has 2 saturated carbocycles. The van der Waals surface area contributed by atoms with Crippen LogP contribution in [0.1, 0.15) is 64.7 Å². The third-order valence-corrected chi connectivity index (χ3v) is 5.91. The third kappa shape index (κ3) is 2.70. The first-order valence-electron chi connectivity index (χ1n) is 8.07. The summed E-state index contributed by atoms with van der Waals surface area (Å²) in [5, 5.41) is 0. The Hall–Kier alpha value is -0.0400. The van der Waals surface area contributed by atoms with Crippen LogP contribution in [0.4, 0.5) is 0 Å². The molecule has 0 N–H and O–H groups in total. The summed E-state index contributed by atoms with van der Waals surface area (Å²) in [6.07, 6.45) is 13.7. The third-order valence-electron chi connectivity index (χ3n) is 5.91. The van der Waals surface area contributed by atoms with Crippen molar-refractivity contribution in [2.75, 3.05) is 13.1 Å². The first-order valence-corrected chi connectivity index (χ1v) is 8.07. The van der Waals surface area contributed by atoms with Crippen molar-refractivity contribution in [3.05, 3.63) is 0 Å². The van der Waals surface area contributed by atoms with Crippen LogP contribution in [0.2, 0.25) is 0 Å². The number of nitrogens with zero attached hydrogens (tertiary/aromatic N) is 1. The van der Waals surface area contributed by atoms with Gasteiger partial charge in [-0.1, -0.05) is 25.7 Å². The summed E-state index contributed by atoms with van der Waals surface area (Å²) in [5.74, 6) is 3.34. The maximum atomic E-state index is 2.74. The van der Waals surface area contributed by atoms with E-state index in [1.54, 1.807) is 32.1 Å². The highest BCUT2D eigenvalue weighted by molar-refractivity contribution is 4.85. The number of hydrogen-bond donors (Lipinski definition) is 0. The minimum absolute atomic E-state index is 0.873. The zero-order valence-electron chi connectivity index (χ0n) is 11.5. The highest BCUT2D eigenvalue weighted by Crippen LogP contribution is 2.45. The maximum absolute atomic E-state index is 2.74. The lowest BCUT2D eigenvalue weighted by Gasteiger charge is -2.33. The molecule has 4 atom stereocenters. The molecule has 0 amide bonds. The summed E-state index contributed by atoms with van der Waals surface area (Å²) < 4.78 is 0. The van der Waals surface area contributed by atoms with Gasteiger partial charge in [0.15, 0.2) is 0 Å². The zero-order chi connectivity index (χ0) is 11.7. The highest BCUT2D eigenvalue weighted by atomic mass is 15.2. The molecule has 2 aliphatic carbocycles. The fraction of sp³-hybridized carbons (Fsp3) is 1.00. The van der Waals surface area contributed by atoms with Crippen molar-refractivity contribution in [1.82, 2.24) is 4.90 Å². The molecule has 17 heavy (non-hydrogen) atoms. The lowest BCUT2D eigenvalue weighted by atomic mass is 9.75. The van der Waals surface area contributed by atoms with Gasteiger partial charge in [0.25, 0.3) is 0 Å². The lowest BCUT2D eigenvalue weighted by molar-refractivity contribution is 0.173. The second-order valence-electron chi connectivity index (χ2n) is 6.95. The van der Waals surface area contributed by atoms with E-state index in [-0.39, 0.29) is 0 Å². The highest BCUT2D eigenvalue weighted by Gasteiger charge is 2.33. The van der Waals surface area contributed by atoms with Crippen LogP contribution in [0.15, 0.2) is 0 Å². The van der Waals surface area contributed by atoms with Gasteiger partial charge in [-0.3, -0.25) is 0 Å². The minimum atomic E-state index is 0.873. The normalized spacial score (nSPS) is 42.9. The maximum Gasteiger partial charge on any atom is 0.00674 e. The fourth-order valence-corrected chi connectivity index (χ4v) is 4.74. The van der Waals surface area contributed by atoms with E-state index in [2.05, 4.69) is 11.8 Å². The molecule has 3 rings (SSSR count). The van der Waals surface area contributed by atoms with E-state index < -0.39 is 0 Å². The molecule has 0 radical (unpaired) electrons. The minimum Gasteiger partial charge on any atom is -0.301 e. The Balaban J connectivity index is 1.43. The molecule has 3 aliphatic rings. The van der Waals surface area contributed by atoms with Gasteiger partial charge in [0.2, 0.25) is 0 Å². The fourth-order valence-electron chi connectivity index (χ4n) is 4.74. The van der Waals surface area contributed by atoms with E-state index in [4.69, 9.17) is 0 Å². The van der Waals surface area contributed by atoms with Crippen molar-refractivity contribution in [3.8, 4) is 0 Å². The van der Waals surface area contributed by atoms with Crippen molar-refractivity contribution in [1.29, 1.82) is 0 Å². The topological polar surface area (TPSA) is 3.24 Å². The predicted octanol–water partition coefficient (Wildman–Crippen LogP) is 4.08. The van der Waals surface area contributed by atoms with Gasteiger partial charge in [-0.25, -0.2) is 0 Å². The first kappa shape index (κ1) is 12.0. The molecule has 0 aromatic carbocycles. The van der Waals surface area contributed by atoms with Crippen LogP contribution in [0.5, 0.6) is 0 Å². The van der Waals surface area contributed by atoms with Gasteiger partial charge in [0.1, 0.15) is 0 Å². The SMILES string of the molecule is C[C@@H]1CCCN1CCC1CCC2CCCC2C1. The molecule has 0 bridgehead atoms. The molecular formula is C16H29N. The lowest BCUT2D eigenvalue weighted by Crippen LogP contribution is -2.30. The standard InChI is InChI=1S/C16H29N/c1-13-4-3-10-17(13)11-9-14-7-8-15-5-2-6-16(15)12-14/h13-16H,2-12H2,1H3/t13-,14?,15?,16?/m1/s1. The molecule has 98 valence electrons. The van der Waals surface area contributed by atoms with Gasteiger partial charge in [-0.2, -0.15) is 0 Å². The van der Waals surface area contributed by atoms with E-state index in [1.807, 2.05) is 0 Å². The second-order valence-corrected chi connectivity index (χ2v) is 6.95. The average Bonchev–Trinajstić information content (AvgIpc) is 2.94. The van der Waals surface area contributed by atoms with Gasteiger partial charge >= 0.3 is 0 Å². The van der Waals surface area contributed by atoms with Gasteiger partial charge < -0.3 is 4.90 Å². The average molecular weight is 235 g/mol. The number of hydrogen-bond acceptors (Lipinski definition) is 1. The Labute approximate surface area is 107 Å². The Morgan fingerprint density at radius 2 is 1.82 bits per heavy atom. The quantitative estimate of drug-likeness (QED) is 0.712. The molecular weight excluding hydrogens is 206 g/mol. The van der Waals surface area contributed by atoms with E-state index in [0.29, 0.717) is 0 Å². The van der Waals surface area contributed by atoms with Gasteiger partial charge in [-0.15, -0.1) is 0 Å². The summed E-state index contributed by atoms with van der Waals surface area (Å²) in [6.45, 7) is 5.18. The summed E-state index contributed by atoms with van der Waals surface area (Å²) in [7, 11) is 0. The van der Waals surface area contributed by atoms with E-state index >= 15 is 0 Å². The molecule has 0 aromatic rings. The van der Waals surface area contributed by atoms with Crippen LogP contribution >= 0.6 is 0 Å². The van der Waals surface area contributed by atoms with E-state index in [1.165, 1.54) is 38.8 Å². The van der Waals surface area contributed by atoms with Crippen molar-refractivity contribution >= 4 is 0 Å². The number of likely N-dealkylation sites (tertiary alicyclic amines) is 1. The molecule has 3 fully saturated rings. The van der Waals surface area contributed by atoms with Crippen LogP contribution in [0, 0.1) is 17.8 Å². The molecule has 1 heterocycles. The number of rotatable bonds is 3. The van der Waals surface area contributed by atoms with Crippen molar-refractivity contribution in [3.63, 3.8) is 0 Å². The van der Waals surface area contributed by atoms with Crippen molar-refractivity contribution in [2.24, 2.45) is 17.8 Å². The number of fused-ring (bicyclic) bond motifs is 1. The molecule has 1 aliphatic heterocycles. The Morgan fingerprint density at radius 3 is 2.65 bits per heavy atom. The summed E-state index contributed by atoms with van der Waals surface area (Å²) in [4.78, 5) is 2.74. The van der Waals surface area contributed by atoms with E-state index in [0.717, 1.165) is 23.8 Å². The van der Waals surface area contributed by atoms with Crippen LogP contribution in [0.25, 0.3) is 0 Å². The molecule has 1 nitrogen and oxygen atoms in total. The smallest absolute Gasteiger partial charge is 0.00674 e. The molecule has 1 saturated heterocycles. The van der Waals surface area contributed by atoms with Crippen LogP contribution in [-0.4, -0.2) is 24.0 Å². The van der Waals surface area contributed by atoms with Gasteiger partial charge in [0.05, 0.1) is 0 Å². The Bertz CT molecular complexity index is 250. The summed E-state index contributed by atoms with van der Waals surface area (Å²) in [5.41, 5.74) is 0. The Kier molecular flexibility index (Phi) is 3.75. The predicted molar refractivity (Wildman–Crippen MR) is 73.1 cm³/mol. The molecule has 0 spiro atoms. The van der Waals surface area contributed by atoms with Crippen molar-refractivity contribution in [2.45, 2.75) is 70.8 Å². The second kappa shape index (κ2) is 5.30. The molecule has 0 aromatic heterocycles. The van der Waals surface area contributed by atoms with Crippen LogP contribution in [0.3, 0.4) is 0 Å². The summed E-state index contributed by atoms with van der Waals surface area (Å²) >= 11 is 0. The van der Waals surface area contributed by atoms with Crippen molar-refractivity contribution < 1.29 is 0 Å². The molecule has 1 heteroatoms. The largest absolute Gasteiger partial charge is 0.301 e. The van der Waals surface area contributed by atoms with Gasteiger partial charge in [-0.05, 0) is 69.9 Å². The van der Waals surface area contributed by atoms with Crippen LogP contribution < -0.4 is 0 Å². The zero-order valence-corrected chi connectivity index (χ0v) is 11.5. The molecule has 3 unspecified atom stereocenters. The monoisotopic (exact) mass is 235 g/mol. The van der Waals surface area contributed by atoms with Gasteiger partial charge in [0, 0.05) is 6.04 Å².